The molecule has 100 valence electrons. The molecule has 2 rings (SSSR count). The molecule has 0 saturated carbocycles. The SMILES string of the molecule is CC(CC(N)=O)NCc1ccc(-n2ccnc2)cc1. The predicted molar refractivity (Wildman–Crippen MR) is 73.7 cm³/mol. The monoisotopic (exact) mass is 258 g/mol. The average Bonchev–Trinajstić information content (AvgIpc) is 2.90. The maximum atomic E-state index is 10.8. The van der Waals surface area contributed by atoms with E-state index in [2.05, 4.69) is 22.4 Å². The van der Waals surface area contributed by atoms with Crippen LogP contribution in [-0.2, 0) is 11.3 Å². The normalized spacial score (nSPS) is 12.3. The van der Waals surface area contributed by atoms with Crippen molar-refractivity contribution in [3.63, 3.8) is 0 Å². The Labute approximate surface area is 112 Å². The Bertz CT molecular complexity index is 519. The van der Waals surface area contributed by atoms with Gasteiger partial charge in [-0.2, -0.15) is 0 Å². The molecule has 1 atom stereocenters. The number of amides is 1. The number of primary amides is 1. The minimum atomic E-state index is -0.282. The summed E-state index contributed by atoms with van der Waals surface area (Å²) in [4.78, 5) is 14.8. The Balaban J connectivity index is 1.90. The number of carbonyl (C=O) groups is 1. The van der Waals surface area contributed by atoms with Crippen molar-refractivity contribution in [3.8, 4) is 5.69 Å². The lowest BCUT2D eigenvalue weighted by molar-refractivity contribution is -0.118. The molecule has 1 unspecified atom stereocenters. The van der Waals surface area contributed by atoms with E-state index in [9.17, 15) is 4.79 Å². The lowest BCUT2D eigenvalue weighted by Crippen LogP contribution is -2.30. The van der Waals surface area contributed by atoms with E-state index in [-0.39, 0.29) is 11.9 Å². The van der Waals surface area contributed by atoms with Crippen molar-refractivity contribution >= 4 is 5.91 Å². The third-order valence-corrected chi connectivity index (χ3v) is 2.90. The van der Waals surface area contributed by atoms with E-state index in [0.717, 1.165) is 12.2 Å². The van der Waals surface area contributed by atoms with E-state index in [1.165, 1.54) is 5.56 Å². The second kappa shape index (κ2) is 6.15. The summed E-state index contributed by atoms with van der Waals surface area (Å²) in [5.41, 5.74) is 7.39. The molecule has 0 radical (unpaired) electrons. The molecule has 3 N–H and O–H groups in total. The van der Waals surface area contributed by atoms with Gasteiger partial charge in [-0.1, -0.05) is 12.1 Å². The van der Waals surface area contributed by atoms with Gasteiger partial charge in [-0.3, -0.25) is 4.79 Å². The minimum absolute atomic E-state index is 0.0887. The van der Waals surface area contributed by atoms with E-state index >= 15 is 0 Å². The lowest BCUT2D eigenvalue weighted by Gasteiger charge is -2.12. The predicted octanol–water partition coefficient (Wildman–Crippen LogP) is 1.23. The molecule has 5 heteroatoms. The van der Waals surface area contributed by atoms with Crippen molar-refractivity contribution in [2.45, 2.75) is 25.9 Å². The van der Waals surface area contributed by atoms with Gasteiger partial charge in [0.05, 0.1) is 6.33 Å². The fourth-order valence-electron chi connectivity index (χ4n) is 1.86. The molecule has 0 aliphatic rings. The van der Waals surface area contributed by atoms with E-state index in [0.29, 0.717) is 6.42 Å². The van der Waals surface area contributed by atoms with Crippen LogP contribution >= 0.6 is 0 Å². The van der Waals surface area contributed by atoms with Crippen LogP contribution in [0.3, 0.4) is 0 Å². The first kappa shape index (κ1) is 13.3. The summed E-state index contributed by atoms with van der Waals surface area (Å²) in [5, 5.41) is 3.26. The zero-order valence-corrected chi connectivity index (χ0v) is 10.9. The fourth-order valence-corrected chi connectivity index (χ4v) is 1.86. The lowest BCUT2D eigenvalue weighted by atomic mass is 10.1. The Morgan fingerprint density at radius 2 is 2.16 bits per heavy atom. The van der Waals surface area contributed by atoms with Crippen molar-refractivity contribution in [2.75, 3.05) is 0 Å². The van der Waals surface area contributed by atoms with Gasteiger partial charge in [-0.25, -0.2) is 4.98 Å². The second-order valence-corrected chi connectivity index (χ2v) is 4.59. The third kappa shape index (κ3) is 3.93. The van der Waals surface area contributed by atoms with Crippen molar-refractivity contribution in [3.05, 3.63) is 48.5 Å². The van der Waals surface area contributed by atoms with Gasteiger partial charge in [-0.15, -0.1) is 0 Å². The first-order chi connectivity index (χ1) is 9.15. The van der Waals surface area contributed by atoms with Gasteiger partial charge < -0.3 is 15.6 Å². The number of imidazole rings is 1. The molecule has 1 aromatic carbocycles. The molecule has 1 heterocycles. The third-order valence-electron chi connectivity index (χ3n) is 2.90. The van der Waals surface area contributed by atoms with Gasteiger partial charge in [0.25, 0.3) is 0 Å². The molecular formula is C14H18N4O. The number of aromatic nitrogens is 2. The summed E-state index contributed by atoms with van der Waals surface area (Å²) in [6, 6.07) is 8.28. The van der Waals surface area contributed by atoms with E-state index in [4.69, 9.17) is 5.73 Å². The summed E-state index contributed by atoms with van der Waals surface area (Å²) >= 11 is 0. The highest BCUT2D eigenvalue weighted by molar-refractivity contribution is 5.74. The largest absolute Gasteiger partial charge is 0.370 e. The number of hydrogen-bond acceptors (Lipinski definition) is 3. The first-order valence-corrected chi connectivity index (χ1v) is 6.24. The number of carbonyl (C=O) groups excluding carboxylic acids is 1. The number of nitrogens with two attached hydrogens (primary N) is 1. The maximum absolute atomic E-state index is 10.8. The van der Waals surface area contributed by atoms with Gasteiger partial charge in [0.1, 0.15) is 0 Å². The van der Waals surface area contributed by atoms with Gasteiger partial charge >= 0.3 is 0 Å². The van der Waals surface area contributed by atoms with Crippen molar-refractivity contribution in [1.82, 2.24) is 14.9 Å². The number of nitrogens with one attached hydrogen (secondary N) is 1. The number of rotatable bonds is 6. The smallest absolute Gasteiger partial charge is 0.218 e. The number of benzene rings is 1. The second-order valence-electron chi connectivity index (χ2n) is 4.59. The highest BCUT2D eigenvalue weighted by Gasteiger charge is 2.05. The molecule has 0 bridgehead atoms. The zero-order valence-electron chi connectivity index (χ0n) is 10.9. The molecule has 0 aliphatic heterocycles. The van der Waals surface area contributed by atoms with E-state index in [1.807, 2.05) is 29.8 Å². The maximum Gasteiger partial charge on any atom is 0.218 e. The molecular weight excluding hydrogens is 240 g/mol. The van der Waals surface area contributed by atoms with Gasteiger partial charge in [0.2, 0.25) is 5.91 Å². The molecule has 0 spiro atoms. The summed E-state index contributed by atoms with van der Waals surface area (Å²) in [5.74, 6) is -0.282. The van der Waals surface area contributed by atoms with Crippen molar-refractivity contribution in [2.24, 2.45) is 5.73 Å². The van der Waals surface area contributed by atoms with Crippen molar-refractivity contribution in [1.29, 1.82) is 0 Å². The fraction of sp³-hybridized carbons (Fsp3) is 0.286. The van der Waals surface area contributed by atoms with Crippen LogP contribution in [0.1, 0.15) is 18.9 Å². The summed E-state index contributed by atoms with van der Waals surface area (Å²) < 4.78 is 1.95. The quantitative estimate of drug-likeness (QED) is 0.818. The molecule has 1 amide bonds. The molecule has 5 nitrogen and oxygen atoms in total. The van der Waals surface area contributed by atoms with Gasteiger partial charge in [-0.05, 0) is 24.6 Å². The summed E-state index contributed by atoms with van der Waals surface area (Å²) in [6.07, 6.45) is 5.78. The van der Waals surface area contributed by atoms with E-state index in [1.54, 1.807) is 12.5 Å². The Kier molecular flexibility index (Phi) is 4.30. The molecule has 0 saturated heterocycles. The van der Waals surface area contributed by atoms with Gasteiger partial charge in [0, 0.05) is 37.1 Å². The van der Waals surface area contributed by atoms with Crippen LogP contribution in [0.15, 0.2) is 43.0 Å². The standard InChI is InChI=1S/C14H18N4O/c1-11(8-14(15)19)17-9-12-2-4-13(5-3-12)18-7-6-16-10-18/h2-7,10-11,17H,8-9H2,1H3,(H2,15,19). The van der Waals surface area contributed by atoms with Crippen LogP contribution in [0.25, 0.3) is 5.69 Å². The zero-order chi connectivity index (χ0) is 13.7. The van der Waals surface area contributed by atoms with Crippen LogP contribution in [0.5, 0.6) is 0 Å². The summed E-state index contributed by atoms with van der Waals surface area (Å²) in [6.45, 7) is 2.67. The number of hydrogen-bond donors (Lipinski definition) is 2. The molecule has 2 aromatic rings. The van der Waals surface area contributed by atoms with Crippen LogP contribution in [0, 0.1) is 0 Å². The molecule has 0 aliphatic carbocycles. The van der Waals surface area contributed by atoms with Crippen LogP contribution in [0.4, 0.5) is 0 Å². The molecule has 19 heavy (non-hydrogen) atoms. The minimum Gasteiger partial charge on any atom is -0.370 e. The average molecular weight is 258 g/mol. The van der Waals surface area contributed by atoms with Crippen LogP contribution < -0.4 is 11.1 Å². The first-order valence-electron chi connectivity index (χ1n) is 6.24. The van der Waals surface area contributed by atoms with E-state index < -0.39 is 0 Å². The van der Waals surface area contributed by atoms with Crippen LogP contribution in [-0.4, -0.2) is 21.5 Å². The highest BCUT2D eigenvalue weighted by Crippen LogP contribution is 2.09. The van der Waals surface area contributed by atoms with Gasteiger partial charge in [0.15, 0.2) is 0 Å². The topological polar surface area (TPSA) is 72.9 Å². The van der Waals surface area contributed by atoms with Crippen molar-refractivity contribution < 1.29 is 4.79 Å². The Morgan fingerprint density at radius 1 is 1.42 bits per heavy atom. The summed E-state index contributed by atoms with van der Waals surface area (Å²) in [7, 11) is 0. The van der Waals surface area contributed by atoms with Crippen LogP contribution in [0.2, 0.25) is 0 Å². The number of nitrogens with zero attached hydrogens (tertiary/aromatic N) is 2. The Morgan fingerprint density at radius 3 is 2.74 bits per heavy atom. The molecule has 0 fully saturated rings. The molecule has 1 aromatic heterocycles. The highest BCUT2D eigenvalue weighted by atomic mass is 16.1. The Hall–Kier alpha value is -2.14.